The minimum atomic E-state index is -1.03. The first-order valence-electron chi connectivity index (χ1n) is 12.2. The Morgan fingerprint density at radius 3 is 2.85 bits per heavy atom. The van der Waals surface area contributed by atoms with Crippen LogP contribution in [0.2, 0.25) is 0 Å². The van der Waals surface area contributed by atoms with E-state index in [0.717, 1.165) is 61.2 Å². The number of unbranched alkanes of at least 4 members (excludes halogenated alkanes) is 2. The van der Waals surface area contributed by atoms with Gasteiger partial charge in [-0.25, -0.2) is 4.79 Å². The van der Waals surface area contributed by atoms with Crippen molar-refractivity contribution in [2.75, 3.05) is 18.6 Å². The molecule has 2 aliphatic rings. The minimum Gasteiger partial charge on any atom is -0.483 e. The van der Waals surface area contributed by atoms with Gasteiger partial charge in [0.05, 0.1) is 0 Å². The normalized spacial score (nSPS) is 19.9. The Balaban J connectivity index is 1.84. The predicted octanol–water partition coefficient (Wildman–Crippen LogP) is 5.47. The fourth-order valence-electron chi connectivity index (χ4n) is 4.72. The lowest BCUT2D eigenvalue weighted by molar-refractivity contribution is -0.142. The molecule has 0 saturated heterocycles. The number of amides is 1. The van der Waals surface area contributed by atoms with Crippen molar-refractivity contribution < 1.29 is 24.2 Å². The molecule has 1 heterocycles. The Morgan fingerprint density at radius 2 is 2.15 bits per heavy atom. The van der Waals surface area contributed by atoms with Crippen molar-refractivity contribution in [2.24, 2.45) is 5.92 Å². The second kappa shape index (κ2) is 12.3. The third kappa shape index (κ3) is 6.59. The van der Waals surface area contributed by atoms with E-state index in [1.165, 1.54) is 5.57 Å². The van der Waals surface area contributed by atoms with Crippen molar-refractivity contribution in [3.05, 3.63) is 47.2 Å². The SMILES string of the molecule is C=C1Oc2cc(CCCCC)cc(OCC(=O)N[C@@H](CCSC)C(=O)O)c2[C@@H]2C=C(C)CC[C@@H]12. The lowest BCUT2D eigenvalue weighted by atomic mass is 9.74. The molecule has 0 fully saturated rings. The van der Waals surface area contributed by atoms with Crippen molar-refractivity contribution in [3.63, 3.8) is 0 Å². The van der Waals surface area contributed by atoms with Crippen molar-refractivity contribution in [3.8, 4) is 11.5 Å². The van der Waals surface area contributed by atoms with E-state index in [4.69, 9.17) is 9.47 Å². The van der Waals surface area contributed by atoms with E-state index in [1.54, 1.807) is 11.8 Å². The predicted molar refractivity (Wildman–Crippen MR) is 137 cm³/mol. The molecule has 3 atom stereocenters. The number of benzene rings is 1. The maximum absolute atomic E-state index is 12.6. The van der Waals surface area contributed by atoms with E-state index < -0.39 is 17.9 Å². The highest BCUT2D eigenvalue weighted by Crippen LogP contribution is 2.51. The largest absolute Gasteiger partial charge is 0.483 e. The van der Waals surface area contributed by atoms with Crippen molar-refractivity contribution in [1.29, 1.82) is 0 Å². The topological polar surface area (TPSA) is 84.9 Å². The maximum Gasteiger partial charge on any atom is 0.326 e. The number of fused-ring (bicyclic) bond motifs is 3. The molecule has 0 aromatic heterocycles. The maximum atomic E-state index is 12.6. The number of carboxylic acids is 1. The summed E-state index contributed by atoms with van der Waals surface area (Å²) in [7, 11) is 0. The van der Waals surface area contributed by atoms with E-state index >= 15 is 0 Å². The Kier molecular flexibility index (Phi) is 9.51. The summed E-state index contributed by atoms with van der Waals surface area (Å²) in [6.45, 7) is 8.27. The zero-order valence-corrected chi connectivity index (χ0v) is 21.3. The summed E-state index contributed by atoms with van der Waals surface area (Å²) in [5.41, 5.74) is 3.39. The number of ether oxygens (including phenoxy) is 2. The van der Waals surface area contributed by atoms with Gasteiger partial charge in [-0.15, -0.1) is 0 Å². The van der Waals surface area contributed by atoms with E-state index in [0.29, 0.717) is 17.9 Å². The van der Waals surface area contributed by atoms with E-state index in [1.807, 2.05) is 12.3 Å². The lowest BCUT2D eigenvalue weighted by Gasteiger charge is -2.37. The van der Waals surface area contributed by atoms with Crippen LogP contribution in [0.4, 0.5) is 0 Å². The average Bonchev–Trinajstić information content (AvgIpc) is 2.79. The van der Waals surface area contributed by atoms with Gasteiger partial charge in [0.25, 0.3) is 5.91 Å². The van der Waals surface area contributed by atoms with E-state index in [9.17, 15) is 14.7 Å². The summed E-state index contributed by atoms with van der Waals surface area (Å²) >= 11 is 1.55. The first-order chi connectivity index (χ1) is 16.3. The zero-order valence-electron chi connectivity index (χ0n) is 20.5. The van der Waals surface area contributed by atoms with Crippen LogP contribution in [0.3, 0.4) is 0 Å². The van der Waals surface area contributed by atoms with Crippen molar-refractivity contribution in [2.45, 2.75) is 70.8 Å². The minimum absolute atomic E-state index is 0.0982. The summed E-state index contributed by atoms with van der Waals surface area (Å²) in [5.74, 6) is 1.65. The Bertz CT molecular complexity index is 941. The molecule has 7 heteroatoms. The number of hydrogen-bond donors (Lipinski definition) is 2. The highest BCUT2D eigenvalue weighted by molar-refractivity contribution is 7.98. The molecule has 0 unspecified atom stereocenters. The summed E-state index contributed by atoms with van der Waals surface area (Å²) in [6.07, 6.45) is 10.8. The van der Waals surface area contributed by atoms with Crippen LogP contribution < -0.4 is 14.8 Å². The van der Waals surface area contributed by atoms with E-state index in [2.05, 4.69) is 37.9 Å². The van der Waals surface area contributed by atoms with Crippen molar-refractivity contribution >= 4 is 23.6 Å². The molecule has 186 valence electrons. The van der Waals surface area contributed by atoms with Crippen LogP contribution in [-0.2, 0) is 16.0 Å². The molecule has 1 aromatic carbocycles. The molecule has 0 radical (unpaired) electrons. The van der Waals surface area contributed by atoms with Gasteiger partial charge >= 0.3 is 5.97 Å². The lowest BCUT2D eigenvalue weighted by Crippen LogP contribution is -2.43. The van der Waals surface area contributed by atoms with Gasteiger partial charge in [0.1, 0.15) is 23.3 Å². The summed E-state index contributed by atoms with van der Waals surface area (Å²) in [4.78, 5) is 24.1. The fraction of sp³-hybridized carbons (Fsp3) is 0.556. The van der Waals surface area contributed by atoms with Gasteiger partial charge in [-0.2, -0.15) is 11.8 Å². The molecule has 3 rings (SSSR count). The number of aryl methyl sites for hydroxylation is 1. The molecule has 1 amide bonds. The Hall–Kier alpha value is -2.41. The summed E-state index contributed by atoms with van der Waals surface area (Å²) in [6, 6.07) is 3.19. The standard InChI is InChI=1S/C27H37NO5S/c1-5-6-7-8-19-14-23(32-16-25(29)28-22(27(30)31)11-12-34-4)26-21-13-17(2)9-10-20(21)18(3)33-24(26)15-19/h13-15,20-22H,3,5-12,16H2,1-2,4H3,(H,28,29)(H,30,31)/t20-,21+,22-/m0/s1. The number of rotatable bonds is 12. The third-order valence-electron chi connectivity index (χ3n) is 6.57. The molecule has 2 N–H and O–H groups in total. The van der Waals surface area contributed by atoms with Crippen LogP contribution >= 0.6 is 11.8 Å². The second-order valence-corrected chi connectivity index (χ2v) is 10.2. The number of hydrogen-bond acceptors (Lipinski definition) is 5. The monoisotopic (exact) mass is 487 g/mol. The number of carbonyl (C=O) groups is 2. The molecule has 0 spiro atoms. The summed E-state index contributed by atoms with van der Waals surface area (Å²) < 4.78 is 12.3. The molecule has 1 aliphatic carbocycles. The quantitative estimate of drug-likeness (QED) is 0.301. The number of allylic oxidation sites excluding steroid dienone is 3. The molecular formula is C27H37NO5S. The number of thioether (sulfide) groups is 1. The van der Waals surface area contributed by atoms with Crippen LogP contribution in [0.1, 0.15) is 69.4 Å². The molecule has 0 bridgehead atoms. The van der Waals surface area contributed by atoms with Gasteiger partial charge < -0.3 is 19.9 Å². The van der Waals surface area contributed by atoms with Gasteiger partial charge in [0, 0.05) is 17.4 Å². The number of aliphatic carboxylic acids is 1. The van der Waals surface area contributed by atoms with Crippen LogP contribution in [0.15, 0.2) is 36.1 Å². The first-order valence-corrected chi connectivity index (χ1v) is 13.6. The van der Waals surface area contributed by atoms with Gasteiger partial charge in [0.15, 0.2) is 6.61 Å². The van der Waals surface area contributed by atoms with Gasteiger partial charge in [-0.3, -0.25) is 4.79 Å². The molecule has 0 saturated carbocycles. The Morgan fingerprint density at radius 1 is 1.35 bits per heavy atom. The van der Waals surface area contributed by atoms with Gasteiger partial charge in [0.2, 0.25) is 0 Å². The molecule has 34 heavy (non-hydrogen) atoms. The van der Waals surface area contributed by atoms with Crippen LogP contribution in [0.25, 0.3) is 0 Å². The fourth-order valence-corrected chi connectivity index (χ4v) is 5.19. The number of carbonyl (C=O) groups excluding carboxylic acids is 1. The van der Waals surface area contributed by atoms with Gasteiger partial charge in [-0.05, 0) is 68.7 Å². The number of nitrogens with one attached hydrogen (secondary N) is 1. The summed E-state index contributed by atoms with van der Waals surface area (Å²) in [5, 5.41) is 12.0. The average molecular weight is 488 g/mol. The van der Waals surface area contributed by atoms with Gasteiger partial charge in [-0.1, -0.05) is 38.0 Å². The highest BCUT2D eigenvalue weighted by atomic mass is 32.2. The van der Waals surface area contributed by atoms with Crippen molar-refractivity contribution in [1.82, 2.24) is 5.32 Å². The highest BCUT2D eigenvalue weighted by Gasteiger charge is 2.37. The first kappa shape index (κ1) is 26.2. The van der Waals surface area contributed by atoms with Crippen LogP contribution in [-0.4, -0.2) is 41.6 Å². The smallest absolute Gasteiger partial charge is 0.326 e. The number of carboxylic acid groups (broad SMARTS) is 1. The molecule has 1 aromatic rings. The second-order valence-electron chi connectivity index (χ2n) is 9.24. The molecule has 6 nitrogen and oxygen atoms in total. The van der Waals surface area contributed by atoms with Crippen LogP contribution in [0, 0.1) is 5.92 Å². The molecular weight excluding hydrogens is 450 g/mol. The van der Waals surface area contributed by atoms with E-state index in [-0.39, 0.29) is 18.4 Å². The molecule has 1 aliphatic heterocycles. The van der Waals surface area contributed by atoms with Crippen LogP contribution in [0.5, 0.6) is 11.5 Å². The Labute approximate surface area is 207 Å². The zero-order chi connectivity index (χ0) is 24.7. The third-order valence-corrected chi connectivity index (χ3v) is 7.21.